The van der Waals surface area contributed by atoms with Crippen LogP contribution < -0.4 is 10.1 Å². The van der Waals surface area contributed by atoms with Crippen molar-refractivity contribution in [3.05, 3.63) is 80.7 Å². The van der Waals surface area contributed by atoms with Crippen molar-refractivity contribution < 1.29 is 19.1 Å². The van der Waals surface area contributed by atoms with Crippen LogP contribution in [-0.2, 0) is 14.4 Å². The van der Waals surface area contributed by atoms with Gasteiger partial charge < -0.3 is 15.0 Å². The molecule has 2 aromatic carbocycles. The van der Waals surface area contributed by atoms with Crippen LogP contribution in [0.3, 0.4) is 0 Å². The molecule has 0 spiro atoms. The summed E-state index contributed by atoms with van der Waals surface area (Å²) in [5.41, 5.74) is 6.38. The Morgan fingerprint density at radius 1 is 0.929 bits per heavy atom. The zero-order valence-corrected chi connectivity index (χ0v) is 26.5. The first kappa shape index (κ1) is 30.1. The third-order valence-corrected chi connectivity index (χ3v) is 8.87. The second-order valence-electron chi connectivity index (χ2n) is 13.6. The highest BCUT2D eigenvalue weighted by molar-refractivity contribution is 6.30. The normalized spacial score (nSPS) is 20.0. The van der Waals surface area contributed by atoms with E-state index in [1.807, 2.05) is 32.0 Å². The van der Waals surface area contributed by atoms with Crippen molar-refractivity contribution in [1.82, 2.24) is 4.90 Å². The van der Waals surface area contributed by atoms with Crippen molar-refractivity contribution in [2.24, 2.45) is 10.8 Å². The van der Waals surface area contributed by atoms with Crippen LogP contribution in [0.2, 0.25) is 5.02 Å². The third-order valence-electron chi connectivity index (χ3n) is 8.64. The van der Waals surface area contributed by atoms with E-state index in [0.29, 0.717) is 46.9 Å². The molecule has 222 valence electrons. The molecule has 0 atom stereocenters. The van der Waals surface area contributed by atoms with Crippen LogP contribution in [0.15, 0.2) is 58.9 Å². The summed E-state index contributed by atoms with van der Waals surface area (Å²) in [5, 5.41) is 3.41. The Morgan fingerprint density at radius 2 is 1.52 bits per heavy atom. The molecule has 0 fully saturated rings. The number of ketones is 2. The fourth-order valence-electron chi connectivity index (χ4n) is 6.90. The van der Waals surface area contributed by atoms with Crippen molar-refractivity contribution in [3.8, 4) is 5.75 Å². The van der Waals surface area contributed by atoms with Crippen LogP contribution in [0, 0.1) is 24.7 Å². The Bertz CT molecular complexity index is 1490. The lowest BCUT2D eigenvalue weighted by molar-refractivity contribution is -0.120. The van der Waals surface area contributed by atoms with Gasteiger partial charge in [0.05, 0.1) is 0 Å². The van der Waals surface area contributed by atoms with Gasteiger partial charge in [0.25, 0.3) is 5.91 Å². The summed E-state index contributed by atoms with van der Waals surface area (Å²) in [6.07, 6.45) is 2.27. The highest BCUT2D eigenvalue weighted by atomic mass is 35.5. The number of hydrogen-bond donors (Lipinski definition) is 1. The molecule has 6 nitrogen and oxygen atoms in total. The lowest BCUT2D eigenvalue weighted by Crippen LogP contribution is -2.44. The lowest BCUT2D eigenvalue weighted by Gasteiger charge is -2.49. The minimum atomic E-state index is -0.596. The van der Waals surface area contributed by atoms with E-state index >= 15 is 0 Å². The van der Waals surface area contributed by atoms with E-state index in [1.54, 1.807) is 18.2 Å². The summed E-state index contributed by atoms with van der Waals surface area (Å²) in [5.74, 6) is -0.352. The van der Waals surface area contributed by atoms with E-state index in [1.165, 1.54) is 0 Å². The number of amides is 1. The van der Waals surface area contributed by atoms with Crippen LogP contribution >= 0.6 is 11.6 Å². The van der Waals surface area contributed by atoms with Gasteiger partial charge >= 0.3 is 0 Å². The number of nitrogens with zero attached hydrogens (tertiary/aromatic N) is 1. The molecule has 7 heteroatoms. The molecule has 0 radical (unpaired) electrons. The number of nitrogens with one attached hydrogen (secondary N) is 1. The van der Waals surface area contributed by atoms with Gasteiger partial charge in [0.15, 0.2) is 18.2 Å². The van der Waals surface area contributed by atoms with E-state index in [2.05, 4.69) is 44.8 Å². The summed E-state index contributed by atoms with van der Waals surface area (Å²) in [4.78, 5) is 43.1. The molecular weight excluding hydrogens is 548 g/mol. The molecule has 2 aliphatic carbocycles. The zero-order valence-electron chi connectivity index (χ0n) is 25.7. The first-order valence-electron chi connectivity index (χ1n) is 14.8. The van der Waals surface area contributed by atoms with Crippen LogP contribution in [0.1, 0.15) is 82.9 Å². The number of hydrogen-bond acceptors (Lipinski definition) is 5. The number of aryl methyl sites for hydroxylation is 2. The molecule has 0 unspecified atom stereocenters. The van der Waals surface area contributed by atoms with Crippen molar-refractivity contribution in [1.29, 1.82) is 0 Å². The van der Waals surface area contributed by atoms with Gasteiger partial charge in [-0.3, -0.25) is 14.4 Å². The van der Waals surface area contributed by atoms with Crippen molar-refractivity contribution >= 4 is 34.8 Å². The highest BCUT2D eigenvalue weighted by Crippen LogP contribution is 2.55. The smallest absolute Gasteiger partial charge is 0.262 e. The summed E-state index contributed by atoms with van der Waals surface area (Å²) >= 11 is 6.56. The minimum Gasteiger partial charge on any atom is -0.483 e. The predicted molar refractivity (Wildman–Crippen MR) is 167 cm³/mol. The third kappa shape index (κ3) is 5.78. The molecule has 0 saturated heterocycles. The maximum absolute atomic E-state index is 14.0. The summed E-state index contributed by atoms with van der Waals surface area (Å²) < 4.78 is 6.16. The zero-order chi connectivity index (χ0) is 30.6. The minimum absolute atomic E-state index is 0.0485. The van der Waals surface area contributed by atoms with Crippen molar-refractivity contribution in [2.75, 3.05) is 18.5 Å². The number of allylic oxidation sites excluding steroid dienone is 4. The van der Waals surface area contributed by atoms with E-state index in [4.69, 9.17) is 16.3 Å². The van der Waals surface area contributed by atoms with E-state index < -0.39 is 5.92 Å². The Kier molecular flexibility index (Phi) is 7.90. The largest absolute Gasteiger partial charge is 0.483 e. The molecule has 2 aromatic rings. The van der Waals surface area contributed by atoms with Gasteiger partial charge in [-0.15, -0.1) is 0 Å². The number of Topliss-reactive ketones (excluding diaryl/α,β-unsaturated/α-hetero) is 2. The Morgan fingerprint density at radius 3 is 2.07 bits per heavy atom. The van der Waals surface area contributed by atoms with Crippen LogP contribution in [0.5, 0.6) is 5.75 Å². The molecule has 3 aliphatic rings. The van der Waals surface area contributed by atoms with Gasteiger partial charge in [-0.1, -0.05) is 57.0 Å². The maximum Gasteiger partial charge on any atom is 0.262 e. The number of rotatable bonds is 6. The van der Waals surface area contributed by atoms with Crippen LogP contribution in [-0.4, -0.2) is 35.5 Å². The Labute approximate surface area is 254 Å². The molecule has 0 aromatic heterocycles. The Balaban J connectivity index is 1.58. The van der Waals surface area contributed by atoms with Crippen LogP contribution in [0.4, 0.5) is 5.69 Å². The SMILES string of the molecule is CCN1C2=C(C(=O)CC(C)(C)C2)C(c2cc(Cl)ccc2OCC(=O)Nc2ccc(C)cc2C)C2=C1CC(C)(C)CC2=O. The summed E-state index contributed by atoms with van der Waals surface area (Å²) in [7, 11) is 0. The lowest BCUT2D eigenvalue weighted by atomic mass is 9.63. The molecule has 1 N–H and O–H groups in total. The van der Waals surface area contributed by atoms with Crippen LogP contribution in [0.25, 0.3) is 0 Å². The fraction of sp³-hybridized carbons (Fsp3) is 0.457. The Hall–Kier alpha value is -3.38. The number of benzene rings is 2. The predicted octanol–water partition coefficient (Wildman–Crippen LogP) is 7.68. The molecule has 1 heterocycles. The van der Waals surface area contributed by atoms with Gasteiger partial charge in [-0.2, -0.15) is 0 Å². The number of anilines is 1. The van der Waals surface area contributed by atoms with Crippen molar-refractivity contribution in [2.45, 2.75) is 80.1 Å². The summed E-state index contributed by atoms with van der Waals surface area (Å²) in [6.45, 7) is 15.0. The monoisotopic (exact) mass is 588 g/mol. The van der Waals surface area contributed by atoms with Gasteiger partial charge in [0.1, 0.15) is 5.75 Å². The molecule has 42 heavy (non-hydrogen) atoms. The van der Waals surface area contributed by atoms with Gasteiger partial charge in [0.2, 0.25) is 0 Å². The van der Waals surface area contributed by atoms with E-state index in [9.17, 15) is 14.4 Å². The second-order valence-corrected chi connectivity index (χ2v) is 14.1. The topological polar surface area (TPSA) is 75.7 Å². The number of carbonyl (C=O) groups excluding carboxylic acids is 3. The number of ether oxygens (including phenoxy) is 1. The van der Waals surface area contributed by atoms with E-state index in [0.717, 1.165) is 41.1 Å². The van der Waals surface area contributed by atoms with Gasteiger partial charge in [-0.25, -0.2) is 0 Å². The average Bonchev–Trinajstić information content (AvgIpc) is 2.87. The van der Waals surface area contributed by atoms with Gasteiger partial charge in [0, 0.05) is 64.1 Å². The molecular formula is C35H41ClN2O4. The summed E-state index contributed by atoms with van der Waals surface area (Å²) in [6, 6.07) is 11.1. The van der Waals surface area contributed by atoms with E-state index in [-0.39, 0.29) is 34.9 Å². The quantitative estimate of drug-likeness (QED) is 0.374. The van der Waals surface area contributed by atoms with Gasteiger partial charge in [-0.05, 0) is 74.3 Å². The molecule has 1 amide bonds. The number of halogens is 1. The average molecular weight is 589 g/mol. The first-order valence-corrected chi connectivity index (χ1v) is 15.2. The standard InChI is InChI=1S/C35H41ClN2O4/c1-8-38-25-15-34(4,5)17-27(39)32(25)31(33-26(38)16-35(6,7)18-28(33)40)23-14-22(36)10-12-29(23)42-19-30(41)37-24-11-9-20(2)13-21(24)3/h9-14,31H,8,15-19H2,1-7H3,(H,37,41). The highest BCUT2D eigenvalue weighted by Gasteiger charge is 2.49. The van der Waals surface area contributed by atoms with Crippen molar-refractivity contribution in [3.63, 3.8) is 0 Å². The fourth-order valence-corrected chi connectivity index (χ4v) is 7.08. The second kappa shape index (κ2) is 11.0. The maximum atomic E-state index is 14.0. The molecule has 0 bridgehead atoms. The molecule has 1 aliphatic heterocycles. The first-order chi connectivity index (χ1) is 19.7. The number of carbonyl (C=O) groups is 3. The molecule has 0 saturated carbocycles. The molecule has 5 rings (SSSR count).